The molecule has 0 radical (unpaired) electrons. The largest absolute Gasteiger partial charge is 0.245 e. The van der Waals surface area contributed by atoms with Gasteiger partial charge in [0.15, 0.2) is 4.91 Å². The average Bonchev–Trinajstić information content (AvgIpc) is 2.68. The minimum absolute atomic E-state index is 0.170. The molecule has 1 aliphatic carbocycles. The van der Waals surface area contributed by atoms with Crippen LogP contribution in [0.5, 0.6) is 0 Å². The molecule has 0 aromatic carbocycles. The van der Waals surface area contributed by atoms with Gasteiger partial charge in [0.05, 0.1) is 7.05 Å². The summed E-state index contributed by atoms with van der Waals surface area (Å²) in [6.45, 7) is 3.83. The van der Waals surface area contributed by atoms with Gasteiger partial charge in [-0.3, -0.25) is 0 Å². The van der Waals surface area contributed by atoms with Crippen LogP contribution in [0.1, 0.15) is 20.3 Å². The van der Waals surface area contributed by atoms with Crippen molar-refractivity contribution < 1.29 is 13.0 Å². The maximum absolute atomic E-state index is 11.3. The molecular weight excluding hydrogens is 214 g/mol. The molecule has 2 N–H and O–H groups in total. The maximum Gasteiger partial charge on any atom is 0.245 e. The van der Waals surface area contributed by atoms with E-state index in [-0.39, 0.29) is 4.91 Å². The molecule has 0 bridgehead atoms. The Balaban J connectivity index is 2.39. The Labute approximate surface area is 89.9 Å². The second-order valence-electron chi connectivity index (χ2n) is 4.60. The van der Waals surface area contributed by atoms with Crippen LogP contribution in [0.2, 0.25) is 0 Å². The number of hydrogen-bond acceptors (Lipinski definition) is 3. The summed E-state index contributed by atoms with van der Waals surface area (Å²) in [5, 5.41) is 9.50. The SMILES string of the molecule is CC1=N[N+](C)([C@H]2CC2C)C=C1S(N)(=O)=O. The lowest BCUT2D eigenvalue weighted by Crippen LogP contribution is -2.34. The summed E-state index contributed by atoms with van der Waals surface area (Å²) in [6.07, 6.45) is 2.74. The van der Waals surface area contributed by atoms with E-state index in [1.165, 1.54) is 0 Å². The van der Waals surface area contributed by atoms with Gasteiger partial charge in [-0.25, -0.2) is 13.6 Å². The van der Waals surface area contributed by atoms with Crippen LogP contribution < -0.4 is 5.14 Å². The summed E-state index contributed by atoms with van der Waals surface area (Å²) in [5.41, 5.74) is 0.513. The lowest BCUT2D eigenvalue weighted by molar-refractivity contribution is -0.876. The summed E-state index contributed by atoms with van der Waals surface area (Å²) >= 11 is 0. The molecule has 0 aromatic heterocycles. The summed E-state index contributed by atoms with van der Waals surface area (Å²) in [6, 6.07) is 0.402. The molecule has 1 saturated carbocycles. The van der Waals surface area contributed by atoms with Gasteiger partial charge in [0.2, 0.25) is 10.0 Å². The third-order valence-corrected chi connectivity index (χ3v) is 4.16. The molecule has 5 nitrogen and oxygen atoms in total. The summed E-state index contributed by atoms with van der Waals surface area (Å²) in [4.78, 5) is 0.170. The second kappa shape index (κ2) is 2.90. The summed E-state index contributed by atoms with van der Waals surface area (Å²) < 4.78 is 22.9. The Morgan fingerprint density at radius 1 is 1.60 bits per heavy atom. The van der Waals surface area contributed by atoms with Gasteiger partial charge in [-0.1, -0.05) is 12.0 Å². The van der Waals surface area contributed by atoms with Crippen LogP contribution in [0, 0.1) is 5.92 Å². The number of rotatable bonds is 2. The quantitative estimate of drug-likeness (QED) is 0.696. The van der Waals surface area contributed by atoms with Gasteiger partial charge in [-0.2, -0.15) is 4.59 Å². The molecule has 84 valence electrons. The van der Waals surface area contributed by atoms with Gasteiger partial charge in [-0.05, 0) is 6.92 Å². The highest BCUT2D eigenvalue weighted by Gasteiger charge is 2.52. The lowest BCUT2D eigenvalue weighted by atomic mass is 10.4. The fraction of sp³-hybridized carbons (Fsp3) is 0.667. The minimum atomic E-state index is -3.63. The highest BCUT2D eigenvalue weighted by molar-refractivity contribution is 7.94. The van der Waals surface area contributed by atoms with E-state index >= 15 is 0 Å². The molecule has 0 aromatic rings. The molecule has 0 saturated heterocycles. The van der Waals surface area contributed by atoms with Gasteiger partial charge in [0, 0.05) is 12.3 Å². The lowest BCUT2D eigenvalue weighted by Gasteiger charge is -2.20. The fourth-order valence-corrected chi connectivity index (χ4v) is 3.03. The molecule has 1 fully saturated rings. The number of primary sulfonamides is 1. The fourth-order valence-electron chi connectivity index (χ4n) is 2.21. The zero-order valence-electron chi connectivity index (χ0n) is 9.14. The van der Waals surface area contributed by atoms with Crippen molar-refractivity contribution in [1.82, 2.24) is 0 Å². The van der Waals surface area contributed by atoms with Crippen LogP contribution in [0.15, 0.2) is 16.2 Å². The van der Waals surface area contributed by atoms with E-state index in [0.29, 0.717) is 22.3 Å². The molecule has 2 aliphatic rings. The molecule has 15 heavy (non-hydrogen) atoms. The van der Waals surface area contributed by atoms with Crippen LogP contribution in [0.25, 0.3) is 0 Å². The molecule has 2 rings (SSSR count). The van der Waals surface area contributed by atoms with Crippen molar-refractivity contribution in [2.45, 2.75) is 26.3 Å². The average molecular weight is 230 g/mol. The number of quaternary nitrogens is 1. The number of allylic oxidation sites excluding steroid dienone is 1. The highest BCUT2D eigenvalue weighted by Crippen LogP contribution is 2.42. The number of nitrogens with zero attached hydrogens (tertiary/aromatic N) is 2. The first kappa shape index (κ1) is 10.8. The summed E-state index contributed by atoms with van der Waals surface area (Å²) in [5.74, 6) is 0.600. The molecular formula is C9H16N3O2S+. The molecule has 0 spiro atoms. The molecule has 0 amide bonds. The molecule has 1 aliphatic heterocycles. The van der Waals surface area contributed by atoms with E-state index in [0.717, 1.165) is 6.42 Å². The Kier molecular flexibility index (Phi) is 2.09. The van der Waals surface area contributed by atoms with Crippen molar-refractivity contribution in [1.29, 1.82) is 0 Å². The van der Waals surface area contributed by atoms with E-state index in [1.54, 1.807) is 13.1 Å². The van der Waals surface area contributed by atoms with Crippen LogP contribution >= 0.6 is 0 Å². The number of hydrogen-bond donors (Lipinski definition) is 1. The summed E-state index contributed by atoms with van der Waals surface area (Å²) in [7, 11) is -1.72. The first-order valence-corrected chi connectivity index (χ1v) is 6.47. The Morgan fingerprint density at radius 3 is 2.47 bits per heavy atom. The van der Waals surface area contributed by atoms with Crippen molar-refractivity contribution in [2.24, 2.45) is 16.2 Å². The van der Waals surface area contributed by atoms with Crippen LogP contribution in [-0.4, -0.2) is 31.8 Å². The molecule has 2 unspecified atom stereocenters. The van der Waals surface area contributed by atoms with Crippen LogP contribution in [-0.2, 0) is 10.0 Å². The van der Waals surface area contributed by atoms with E-state index in [1.807, 2.05) is 7.05 Å². The van der Waals surface area contributed by atoms with E-state index in [9.17, 15) is 8.42 Å². The van der Waals surface area contributed by atoms with Crippen molar-refractivity contribution >= 4 is 15.7 Å². The van der Waals surface area contributed by atoms with Gasteiger partial charge in [0.25, 0.3) is 0 Å². The molecule has 1 heterocycles. The predicted octanol–water partition coefficient (Wildman–Crippen LogP) is 0.361. The van der Waals surface area contributed by atoms with E-state index < -0.39 is 10.0 Å². The van der Waals surface area contributed by atoms with Gasteiger partial charge >= 0.3 is 0 Å². The van der Waals surface area contributed by atoms with Crippen molar-refractivity contribution in [3.05, 3.63) is 11.1 Å². The second-order valence-corrected chi connectivity index (χ2v) is 6.13. The van der Waals surface area contributed by atoms with Crippen LogP contribution in [0.3, 0.4) is 0 Å². The number of nitrogens with two attached hydrogens (primary N) is 1. The highest BCUT2D eigenvalue weighted by atomic mass is 32.2. The first-order chi connectivity index (χ1) is 6.74. The van der Waals surface area contributed by atoms with E-state index in [2.05, 4.69) is 12.0 Å². The van der Waals surface area contributed by atoms with Gasteiger partial charge in [-0.15, -0.1) is 0 Å². The van der Waals surface area contributed by atoms with Crippen molar-refractivity contribution in [2.75, 3.05) is 7.05 Å². The zero-order valence-corrected chi connectivity index (χ0v) is 9.95. The zero-order chi connectivity index (χ0) is 11.4. The van der Waals surface area contributed by atoms with Crippen molar-refractivity contribution in [3.8, 4) is 0 Å². The maximum atomic E-state index is 11.3. The number of sulfonamides is 1. The van der Waals surface area contributed by atoms with E-state index in [4.69, 9.17) is 5.14 Å². The first-order valence-electron chi connectivity index (χ1n) is 4.93. The molecule has 3 atom stereocenters. The van der Waals surface area contributed by atoms with Crippen molar-refractivity contribution in [3.63, 3.8) is 0 Å². The van der Waals surface area contributed by atoms with Crippen LogP contribution in [0.4, 0.5) is 0 Å². The normalized spacial score (nSPS) is 40.0. The monoisotopic (exact) mass is 230 g/mol. The predicted molar refractivity (Wildman–Crippen MR) is 58.1 cm³/mol. The smallest absolute Gasteiger partial charge is 0.224 e. The Morgan fingerprint density at radius 2 is 2.13 bits per heavy atom. The third kappa shape index (κ3) is 1.73. The van der Waals surface area contributed by atoms with Gasteiger partial charge < -0.3 is 0 Å². The van der Waals surface area contributed by atoms with Gasteiger partial charge in [0.1, 0.15) is 18.0 Å². The Bertz CT molecular complexity index is 466. The topological polar surface area (TPSA) is 72.5 Å². The standard InChI is InChI=1S/C9H16N3O2S/c1-6-4-8(6)12(3)5-9(7(2)11-12)15(10,13)14/h5-6,8H,4H2,1-3H3,(H2,10,13,14)/q+1/t6?,8-,12?/m0/s1. The Hall–Kier alpha value is -0.720. The third-order valence-electron chi connectivity index (χ3n) is 3.15. The minimum Gasteiger partial charge on any atom is -0.224 e. The molecule has 6 heteroatoms.